The quantitative estimate of drug-likeness (QED) is 0.415. The van der Waals surface area contributed by atoms with E-state index >= 15 is 0 Å². The van der Waals surface area contributed by atoms with Crippen molar-refractivity contribution in [1.29, 1.82) is 0 Å². The minimum absolute atomic E-state index is 0.274. The van der Waals surface area contributed by atoms with E-state index in [2.05, 4.69) is 6.92 Å². The van der Waals surface area contributed by atoms with Crippen LogP contribution in [0.1, 0.15) is 84.0 Å². The van der Waals surface area contributed by atoms with Crippen LogP contribution in [0.15, 0.2) is 0 Å². The highest BCUT2D eigenvalue weighted by Gasteiger charge is 2.54. The third kappa shape index (κ3) is 5.77. The van der Waals surface area contributed by atoms with E-state index in [1.165, 1.54) is 44.9 Å². The summed E-state index contributed by atoms with van der Waals surface area (Å²) in [5, 5.41) is 0. The van der Waals surface area contributed by atoms with E-state index in [1.807, 2.05) is 0 Å². The van der Waals surface area contributed by atoms with Crippen molar-refractivity contribution in [2.24, 2.45) is 0 Å². The lowest BCUT2D eigenvalue weighted by atomic mass is 10.1. The Labute approximate surface area is 134 Å². The molecule has 1 heterocycles. The molecule has 1 amide bonds. The van der Waals surface area contributed by atoms with E-state index in [4.69, 9.17) is 0 Å². The van der Waals surface area contributed by atoms with E-state index in [0.717, 1.165) is 19.3 Å². The van der Waals surface area contributed by atoms with Crippen molar-refractivity contribution in [2.45, 2.75) is 84.0 Å². The molecule has 0 aromatic carbocycles. The van der Waals surface area contributed by atoms with Gasteiger partial charge in [-0.2, -0.15) is 4.25 Å². The molecule has 2 N–H and O–H groups in total. The van der Waals surface area contributed by atoms with Gasteiger partial charge in [0.1, 0.15) is 0 Å². The van der Waals surface area contributed by atoms with Crippen LogP contribution in [0.3, 0.4) is 0 Å². The molecule has 0 aliphatic carbocycles. The second-order valence-electron chi connectivity index (χ2n) is 6.56. The molecule has 0 aromatic rings. The fraction of sp³-hybridized carbons (Fsp3) is 0.938. The fourth-order valence-corrected chi connectivity index (χ4v) is 4.52. The van der Waals surface area contributed by atoms with Crippen LogP contribution in [-0.2, 0) is 9.36 Å². The maximum atomic E-state index is 11.9. The SMILES string of the molecule is CCCCCCCCCCCC[N+]1(P(=O)(O)O)CCCC1=O. The van der Waals surface area contributed by atoms with Crippen LogP contribution in [0.4, 0.5) is 0 Å². The van der Waals surface area contributed by atoms with Crippen LogP contribution in [0, 0.1) is 0 Å². The first-order valence-corrected chi connectivity index (χ1v) is 10.5. The lowest BCUT2D eigenvalue weighted by Crippen LogP contribution is -2.46. The second kappa shape index (κ2) is 9.82. The average molecular weight is 334 g/mol. The molecule has 1 atom stereocenters. The zero-order valence-electron chi connectivity index (χ0n) is 14.0. The highest BCUT2D eigenvalue weighted by Crippen LogP contribution is 2.52. The summed E-state index contributed by atoms with van der Waals surface area (Å²) in [6.07, 6.45) is 12.7. The number of hydrogen-bond donors (Lipinski definition) is 2. The number of unbranched alkanes of at least 4 members (excludes halogenated alkanes) is 9. The van der Waals surface area contributed by atoms with Crippen molar-refractivity contribution in [3.05, 3.63) is 0 Å². The first kappa shape index (κ1) is 19.8. The molecule has 0 saturated carbocycles. The minimum Gasteiger partial charge on any atom is -0.278 e. The summed E-state index contributed by atoms with van der Waals surface area (Å²) in [5.41, 5.74) is 0. The molecule has 1 aliphatic rings. The van der Waals surface area contributed by atoms with Gasteiger partial charge in [-0.15, -0.1) is 0 Å². The number of carbonyl (C=O) groups is 1. The average Bonchev–Trinajstić information content (AvgIpc) is 2.83. The van der Waals surface area contributed by atoms with E-state index in [-0.39, 0.29) is 5.91 Å². The lowest BCUT2D eigenvalue weighted by molar-refractivity contribution is -0.737. The Kier molecular flexibility index (Phi) is 8.85. The minimum atomic E-state index is -4.39. The standard InChI is InChI=1S/C16H32NO4P/c1-2-3-4-5-6-7-8-9-10-11-14-17(22(19,20)21)15-12-13-16(17)18/h2-15H2,1H3,(H-,19,20,21)/p+1. The van der Waals surface area contributed by atoms with Crippen LogP contribution < -0.4 is 0 Å². The monoisotopic (exact) mass is 334 g/mol. The predicted molar refractivity (Wildman–Crippen MR) is 88.1 cm³/mol. The first-order chi connectivity index (χ1) is 10.4. The Morgan fingerprint density at radius 2 is 1.45 bits per heavy atom. The zero-order chi connectivity index (χ0) is 16.5. The van der Waals surface area contributed by atoms with Gasteiger partial charge < -0.3 is 0 Å². The van der Waals surface area contributed by atoms with Gasteiger partial charge in [-0.1, -0.05) is 58.3 Å². The van der Waals surface area contributed by atoms with Crippen LogP contribution in [0.2, 0.25) is 0 Å². The molecule has 5 nitrogen and oxygen atoms in total. The van der Waals surface area contributed by atoms with Crippen LogP contribution in [-0.4, -0.2) is 33.0 Å². The molecule has 0 spiro atoms. The van der Waals surface area contributed by atoms with E-state index in [0.29, 0.717) is 25.9 Å². The Morgan fingerprint density at radius 3 is 1.86 bits per heavy atom. The molecule has 1 aliphatic heterocycles. The topological polar surface area (TPSA) is 74.6 Å². The number of carbonyl (C=O) groups excluding carboxylic acids is 1. The fourth-order valence-electron chi connectivity index (χ4n) is 3.33. The number of rotatable bonds is 12. The van der Waals surface area contributed by atoms with Gasteiger partial charge in [0.05, 0.1) is 19.5 Å². The number of nitrogens with zero attached hydrogens (tertiary/aromatic N) is 1. The van der Waals surface area contributed by atoms with Crippen molar-refractivity contribution in [3.63, 3.8) is 0 Å². The highest BCUT2D eigenvalue weighted by atomic mass is 31.2. The summed E-state index contributed by atoms with van der Waals surface area (Å²) in [6.45, 7) is 2.83. The Balaban J connectivity index is 2.15. The molecular formula is C16H33NO4P+. The molecular weight excluding hydrogens is 301 g/mol. The Bertz CT molecular complexity index is 382. The van der Waals surface area contributed by atoms with Crippen molar-refractivity contribution in [2.75, 3.05) is 13.1 Å². The van der Waals surface area contributed by atoms with Gasteiger partial charge in [0.25, 0.3) is 0 Å². The summed E-state index contributed by atoms with van der Waals surface area (Å²) < 4.78 is 11.1. The van der Waals surface area contributed by atoms with E-state index in [1.54, 1.807) is 0 Å². The molecule has 0 radical (unpaired) electrons. The van der Waals surface area contributed by atoms with Crippen molar-refractivity contribution in [3.8, 4) is 0 Å². The number of likely N-dealkylation sites (tertiary alicyclic amines) is 1. The van der Waals surface area contributed by atoms with Gasteiger partial charge in [-0.25, -0.2) is 9.36 Å². The molecule has 6 heteroatoms. The molecule has 22 heavy (non-hydrogen) atoms. The summed E-state index contributed by atoms with van der Waals surface area (Å²) >= 11 is 0. The summed E-state index contributed by atoms with van der Waals surface area (Å²) in [6, 6.07) is 0. The largest absolute Gasteiger partial charge is 0.533 e. The van der Waals surface area contributed by atoms with Gasteiger partial charge in [0, 0.05) is 6.42 Å². The Hall–Kier alpha value is -0.220. The van der Waals surface area contributed by atoms with Gasteiger partial charge in [-0.05, 0) is 12.8 Å². The molecule has 1 saturated heterocycles. The zero-order valence-corrected chi connectivity index (χ0v) is 14.9. The van der Waals surface area contributed by atoms with Gasteiger partial charge in [0.2, 0.25) is 0 Å². The highest BCUT2D eigenvalue weighted by molar-refractivity contribution is 7.46. The summed E-state index contributed by atoms with van der Waals surface area (Å²) in [4.78, 5) is 31.0. The molecule has 0 bridgehead atoms. The summed E-state index contributed by atoms with van der Waals surface area (Å²) in [7, 11) is -4.39. The second-order valence-corrected chi connectivity index (χ2v) is 8.35. The summed E-state index contributed by atoms with van der Waals surface area (Å²) in [5.74, 6) is -0.274. The van der Waals surface area contributed by atoms with Crippen molar-refractivity contribution in [1.82, 2.24) is 0 Å². The van der Waals surface area contributed by atoms with E-state index < -0.39 is 12.0 Å². The smallest absolute Gasteiger partial charge is 0.278 e. The normalized spacial score (nSPS) is 22.4. The van der Waals surface area contributed by atoms with E-state index in [9.17, 15) is 19.1 Å². The lowest BCUT2D eigenvalue weighted by Gasteiger charge is -2.30. The Morgan fingerprint density at radius 1 is 0.955 bits per heavy atom. The van der Waals surface area contributed by atoms with Crippen LogP contribution >= 0.6 is 7.75 Å². The third-order valence-electron chi connectivity index (χ3n) is 4.76. The predicted octanol–water partition coefficient (Wildman–Crippen LogP) is 4.14. The van der Waals surface area contributed by atoms with Crippen molar-refractivity contribution >= 4 is 13.7 Å². The van der Waals surface area contributed by atoms with Gasteiger partial charge in [0.15, 0.2) is 0 Å². The molecule has 1 unspecified atom stereocenters. The molecule has 1 fully saturated rings. The molecule has 1 rings (SSSR count). The maximum absolute atomic E-state index is 11.9. The first-order valence-electron chi connectivity index (χ1n) is 8.90. The molecule has 130 valence electrons. The third-order valence-corrected chi connectivity index (χ3v) is 6.38. The van der Waals surface area contributed by atoms with Crippen LogP contribution in [0.25, 0.3) is 0 Å². The van der Waals surface area contributed by atoms with Gasteiger partial charge >= 0.3 is 13.7 Å². The van der Waals surface area contributed by atoms with Gasteiger partial charge in [-0.3, -0.25) is 9.79 Å². The number of amides is 1. The number of quaternary nitrogens is 1. The van der Waals surface area contributed by atoms with Crippen LogP contribution in [0.5, 0.6) is 0 Å². The number of hydrogen-bond acceptors (Lipinski definition) is 2. The molecule has 0 aromatic heterocycles. The van der Waals surface area contributed by atoms with Crippen molar-refractivity contribution < 1.29 is 23.4 Å². The maximum Gasteiger partial charge on any atom is 0.533 e.